The Morgan fingerprint density at radius 3 is 2.24 bits per heavy atom. The topological polar surface area (TPSA) is 70.4 Å². The number of anilines is 1. The van der Waals surface area contributed by atoms with Gasteiger partial charge >= 0.3 is 5.97 Å². The zero-order chi connectivity index (χ0) is 20.4. The van der Waals surface area contributed by atoms with Crippen LogP contribution in [0, 0.1) is 41.4 Å². The van der Waals surface area contributed by atoms with Crippen molar-refractivity contribution in [1.82, 2.24) is 0 Å². The Kier molecular flexibility index (Phi) is 5.63. The van der Waals surface area contributed by atoms with Crippen molar-refractivity contribution in [3.05, 3.63) is 29.8 Å². The number of hydrogen-bond acceptors (Lipinski definition) is 4. The highest BCUT2D eigenvalue weighted by atomic mass is 16.5. The fraction of sp³-hybridized carbons (Fsp3) is 0.625. The zero-order valence-electron chi connectivity index (χ0n) is 17.2. The van der Waals surface area contributed by atoms with Crippen LogP contribution in [0.4, 0.5) is 5.69 Å². The van der Waals surface area contributed by atoms with Gasteiger partial charge < -0.3 is 9.64 Å². The predicted molar refractivity (Wildman–Crippen MR) is 110 cm³/mol. The summed E-state index contributed by atoms with van der Waals surface area (Å²) in [6.07, 6.45) is 8.18. The number of nitriles is 1. The maximum Gasteiger partial charge on any atom is 0.306 e. The summed E-state index contributed by atoms with van der Waals surface area (Å²) in [6, 6.07) is 9.67. The molecule has 5 rings (SSSR count). The minimum atomic E-state index is -0.275. The molecule has 0 N–H and O–H groups in total. The van der Waals surface area contributed by atoms with Crippen LogP contribution in [-0.2, 0) is 14.3 Å². The van der Waals surface area contributed by atoms with Crippen LogP contribution < -0.4 is 4.90 Å². The van der Waals surface area contributed by atoms with Crippen molar-refractivity contribution in [3.8, 4) is 6.07 Å². The number of amides is 1. The second-order valence-electron chi connectivity index (χ2n) is 9.54. The monoisotopic (exact) mass is 394 g/mol. The first-order valence-electron chi connectivity index (χ1n) is 10.9. The molecule has 0 heterocycles. The molecule has 5 nitrogen and oxygen atoms in total. The zero-order valence-corrected chi connectivity index (χ0v) is 17.2. The molecule has 0 radical (unpaired) electrons. The number of ether oxygens (including phenoxy) is 1. The number of benzene rings is 1. The van der Waals surface area contributed by atoms with E-state index in [1.54, 1.807) is 4.90 Å². The Bertz CT molecular complexity index is 773. The molecule has 154 valence electrons. The van der Waals surface area contributed by atoms with Gasteiger partial charge in [0.25, 0.3) is 5.91 Å². The van der Waals surface area contributed by atoms with E-state index < -0.39 is 0 Å². The van der Waals surface area contributed by atoms with E-state index in [2.05, 4.69) is 6.07 Å². The second kappa shape index (κ2) is 8.18. The van der Waals surface area contributed by atoms with E-state index >= 15 is 0 Å². The summed E-state index contributed by atoms with van der Waals surface area (Å²) in [5.74, 6) is 1.85. The van der Waals surface area contributed by atoms with E-state index in [0.29, 0.717) is 13.0 Å². The molecule has 4 aliphatic carbocycles. The Hall–Kier alpha value is -2.35. The maximum absolute atomic E-state index is 12.7. The molecule has 0 aliphatic heterocycles. The number of esters is 1. The van der Waals surface area contributed by atoms with Gasteiger partial charge in [-0.25, -0.2) is 0 Å². The van der Waals surface area contributed by atoms with Gasteiger partial charge in [0.2, 0.25) is 0 Å². The van der Waals surface area contributed by atoms with Gasteiger partial charge in [0.05, 0.1) is 18.9 Å². The molecule has 0 saturated heterocycles. The number of rotatable bonds is 7. The van der Waals surface area contributed by atoms with Crippen LogP contribution in [0.5, 0.6) is 0 Å². The summed E-state index contributed by atoms with van der Waals surface area (Å²) in [4.78, 5) is 26.9. The van der Waals surface area contributed by atoms with Gasteiger partial charge in [-0.1, -0.05) is 17.7 Å². The molecule has 1 aromatic rings. The lowest BCUT2D eigenvalue weighted by atomic mass is 9.49. The molecule has 0 atom stereocenters. The highest BCUT2D eigenvalue weighted by Gasteiger charge is 2.51. The highest BCUT2D eigenvalue weighted by molar-refractivity contribution is 5.95. The van der Waals surface area contributed by atoms with Crippen LogP contribution in [-0.4, -0.2) is 25.0 Å². The van der Waals surface area contributed by atoms with Gasteiger partial charge in [-0.05, 0) is 80.8 Å². The molecule has 29 heavy (non-hydrogen) atoms. The summed E-state index contributed by atoms with van der Waals surface area (Å²) in [5.41, 5.74) is 1.95. The lowest BCUT2D eigenvalue weighted by molar-refractivity contribution is -0.155. The third-order valence-electron chi connectivity index (χ3n) is 7.13. The fourth-order valence-electron chi connectivity index (χ4n) is 6.37. The number of hydrogen-bond donors (Lipinski definition) is 0. The van der Waals surface area contributed by atoms with Gasteiger partial charge in [0.1, 0.15) is 0 Å². The third kappa shape index (κ3) is 4.47. The molecular formula is C24H30N2O3. The lowest BCUT2D eigenvalue weighted by Gasteiger charge is -2.56. The molecule has 4 bridgehead atoms. The van der Waals surface area contributed by atoms with E-state index in [1.807, 2.05) is 31.2 Å². The quantitative estimate of drug-likeness (QED) is 0.643. The van der Waals surface area contributed by atoms with Gasteiger partial charge in [-0.3, -0.25) is 9.59 Å². The maximum atomic E-state index is 12.7. The number of carbonyl (C=O) groups excluding carboxylic acids is 2. The normalized spacial score (nSPS) is 29.3. The summed E-state index contributed by atoms with van der Waals surface area (Å²) < 4.78 is 5.44. The van der Waals surface area contributed by atoms with Crippen LogP contribution in [0.1, 0.15) is 56.9 Å². The van der Waals surface area contributed by atoms with Crippen LogP contribution in [0.2, 0.25) is 0 Å². The lowest BCUT2D eigenvalue weighted by Crippen LogP contribution is -2.47. The van der Waals surface area contributed by atoms with Crippen LogP contribution in [0.15, 0.2) is 24.3 Å². The minimum absolute atomic E-state index is 0.117. The molecule has 1 amide bonds. The van der Waals surface area contributed by atoms with Gasteiger partial charge in [0, 0.05) is 12.2 Å². The summed E-state index contributed by atoms with van der Waals surface area (Å²) >= 11 is 0. The molecule has 0 spiro atoms. The average Bonchev–Trinajstić information content (AvgIpc) is 2.66. The van der Waals surface area contributed by atoms with Crippen molar-refractivity contribution in [2.75, 3.05) is 18.1 Å². The Morgan fingerprint density at radius 1 is 1.10 bits per heavy atom. The number of nitrogens with zero attached hydrogens (tertiary/aromatic N) is 2. The van der Waals surface area contributed by atoms with Crippen LogP contribution >= 0.6 is 0 Å². The van der Waals surface area contributed by atoms with E-state index in [4.69, 9.17) is 10.00 Å². The van der Waals surface area contributed by atoms with Crippen molar-refractivity contribution in [2.24, 2.45) is 23.2 Å². The Morgan fingerprint density at radius 2 is 1.69 bits per heavy atom. The SMILES string of the molecule is Cc1ccc(N(CCC#N)C(=O)COC(=O)CC23CC4CC(CC(C4)C2)C3)cc1. The summed E-state index contributed by atoms with van der Waals surface area (Å²) in [7, 11) is 0. The molecule has 5 heteroatoms. The van der Waals surface area contributed by atoms with E-state index in [-0.39, 0.29) is 30.3 Å². The highest BCUT2D eigenvalue weighted by Crippen LogP contribution is 2.61. The minimum Gasteiger partial charge on any atom is -0.456 e. The van der Waals surface area contributed by atoms with E-state index in [9.17, 15) is 9.59 Å². The van der Waals surface area contributed by atoms with Crippen LogP contribution in [0.3, 0.4) is 0 Å². The first kappa shape index (κ1) is 19.9. The van der Waals surface area contributed by atoms with Crippen molar-refractivity contribution in [1.29, 1.82) is 5.26 Å². The molecule has 1 aromatic carbocycles. The molecule has 4 fully saturated rings. The average molecular weight is 395 g/mol. The first-order chi connectivity index (χ1) is 14.0. The Labute approximate surface area is 173 Å². The summed E-state index contributed by atoms with van der Waals surface area (Å²) in [6.45, 7) is 2.02. The fourth-order valence-corrected chi connectivity index (χ4v) is 6.37. The van der Waals surface area contributed by atoms with Crippen molar-refractivity contribution >= 4 is 17.6 Å². The first-order valence-corrected chi connectivity index (χ1v) is 10.9. The molecular weight excluding hydrogens is 364 g/mol. The van der Waals surface area contributed by atoms with E-state index in [0.717, 1.165) is 48.3 Å². The molecule has 4 saturated carbocycles. The molecule has 0 unspecified atom stereocenters. The molecule has 4 aliphatic rings. The second-order valence-corrected chi connectivity index (χ2v) is 9.54. The number of carbonyl (C=O) groups is 2. The van der Waals surface area contributed by atoms with Crippen molar-refractivity contribution in [3.63, 3.8) is 0 Å². The van der Waals surface area contributed by atoms with Gasteiger partial charge in [-0.15, -0.1) is 0 Å². The van der Waals surface area contributed by atoms with Gasteiger partial charge in [0.15, 0.2) is 6.61 Å². The smallest absolute Gasteiger partial charge is 0.306 e. The summed E-state index contributed by atoms with van der Waals surface area (Å²) in [5, 5.41) is 8.92. The van der Waals surface area contributed by atoms with Crippen molar-refractivity contribution < 1.29 is 14.3 Å². The predicted octanol–water partition coefficient (Wildman–Crippen LogP) is 4.39. The number of aryl methyl sites for hydroxylation is 1. The largest absolute Gasteiger partial charge is 0.456 e. The standard InChI is InChI=1S/C24H30N2O3/c1-17-3-5-21(6-4-17)26(8-2-7-25)22(27)16-29-23(28)15-24-12-18-9-19(13-24)11-20(10-18)14-24/h3-6,18-20H,2,8-16H2,1H3. The Balaban J connectivity index is 1.34. The van der Waals surface area contributed by atoms with E-state index in [1.165, 1.54) is 19.3 Å². The van der Waals surface area contributed by atoms with Crippen molar-refractivity contribution in [2.45, 2.75) is 58.3 Å². The van der Waals surface area contributed by atoms with Gasteiger partial charge in [-0.2, -0.15) is 5.26 Å². The van der Waals surface area contributed by atoms with Crippen LogP contribution in [0.25, 0.3) is 0 Å². The third-order valence-corrected chi connectivity index (χ3v) is 7.13. The molecule has 0 aromatic heterocycles.